The second kappa shape index (κ2) is 12.0. The van der Waals surface area contributed by atoms with Crippen molar-refractivity contribution in [2.24, 2.45) is 5.92 Å². The van der Waals surface area contributed by atoms with Gasteiger partial charge in [-0.25, -0.2) is 12.7 Å². The first-order chi connectivity index (χ1) is 15.5. The number of hydrogen-bond donors (Lipinski definition) is 1. The molecule has 1 saturated heterocycles. The zero-order valence-corrected chi connectivity index (χ0v) is 19.6. The average molecular weight is 459 g/mol. The van der Waals surface area contributed by atoms with Crippen LogP contribution in [-0.4, -0.2) is 51.1 Å². The molecule has 0 radical (unpaired) electrons. The number of ether oxygens (including phenoxy) is 1. The maximum Gasteiger partial charge on any atom is 0.224 e. The van der Waals surface area contributed by atoms with Gasteiger partial charge < -0.3 is 10.1 Å². The van der Waals surface area contributed by atoms with Crippen molar-refractivity contribution in [2.45, 2.75) is 38.5 Å². The van der Waals surface area contributed by atoms with E-state index in [-0.39, 0.29) is 24.1 Å². The number of carbonyl (C=O) groups excluding carboxylic acids is 1. The number of sulfonamides is 1. The SMILES string of the molecule is COc1ccc(CCCNC(=O)[C@@H]2CCCN(S(=O)(=O)CCCc3ccccc3)C2)cc1. The summed E-state index contributed by atoms with van der Waals surface area (Å²) < 4.78 is 32.3. The standard InChI is InChI=1S/C25H34N2O4S/c1-31-24-15-13-22(14-16-24)10-5-17-26-25(28)23-12-6-18-27(20-23)32(29,30)19-7-11-21-8-3-2-4-9-21/h2-4,8-9,13-16,23H,5-7,10-12,17-20H2,1H3,(H,26,28)/t23-/m1/s1. The van der Waals surface area contributed by atoms with Crippen molar-refractivity contribution in [1.82, 2.24) is 9.62 Å². The van der Waals surface area contributed by atoms with Crippen molar-refractivity contribution < 1.29 is 17.9 Å². The molecule has 7 heteroatoms. The minimum absolute atomic E-state index is 0.0380. The highest BCUT2D eigenvalue weighted by molar-refractivity contribution is 7.89. The molecule has 0 spiro atoms. The Morgan fingerprint density at radius 3 is 2.44 bits per heavy atom. The van der Waals surface area contributed by atoms with Gasteiger partial charge >= 0.3 is 0 Å². The van der Waals surface area contributed by atoms with Gasteiger partial charge in [0.2, 0.25) is 15.9 Å². The fraction of sp³-hybridized carbons (Fsp3) is 0.480. The predicted octanol–water partition coefficient (Wildman–Crippen LogP) is 3.42. The molecule has 1 aliphatic heterocycles. The van der Waals surface area contributed by atoms with E-state index < -0.39 is 10.0 Å². The van der Waals surface area contributed by atoms with Gasteiger partial charge in [-0.2, -0.15) is 0 Å². The number of hydrogen-bond acceptors (Lipinski definition) is 4. The third-order valence-electron chi connectivity index (χ3n) is 5.96. The molecule has 0 unspecified atom stereocenters. The minimum Gasteiger partial charge on any atom is -0.497 e. The zero-order chi connectivity index (χ0) is 22.8. The first kappa shape index (κ1) is 24.3. The molecule has 3 rings (SSSR count). The quantitative estimate of drug-likeness (QED) is 0.524. The molecule has 174 valence electrons. The molecule has 0 aromatic heterocycles. The second-order valence-electron chi connectivity index (χ2n) is 8.34. The molecule has 1 heterocycles. The van der Waals surface area contributed by atoms with Crippen LogP contribution >= 0.6 is 0 Å². The number of methoxy groups -OCH3 is 1. The van der Waals surface area contributed by atoms with Gasteiger partial charge in [0.15, 0.2) is 0 Å². The molecule has 1 fully saturated rings. The lowest BCUT2D eigenvalue weighted by Crippen LogP contribution is -2.46. The summed E-state index contributed by atoms with van der Waals surface area (Å²) >= 11 is 0. The van der Waals surface area contributed by atoms with Gasteiger partial charge in [-0.15, -0.1) is 0 Å². The molecule has 1 amide bonds. The highest BCUT2D eigenvalue weighted by atomic mass is 32.2. The van der Waals surface area contributed by atoms with Crippen LogP contribution in [0, 0.1) is 5.92 Å². The van der Waals surface area contributed by atoms with Crippen molar-refractivity contribution in [3.05, 3.63) is 65.7 Å². The Morgan fingerprint density at radius 2 is 1.72 bits per heavy atom. The molecule has 2 aromatic carbocycles. The maximum atomic E-state index is 12.8. The average Bonchev–Trinajstić information content (AvgIpc) is 2.83. The number of nitrogens with zero attached hydrogens (tertiary/aromatic N) is 1. The van der Waals surface area contributed by atoms with Gasteiger partial charge in [0.1, 0.15) is 5.75 Å². The molecule has 6 nitrogen and oxygen atoms in total. The van der Waals surface area contributed by atoms with Crippen LogP contribution in [0.5, 0.6) is 5.75 Å². The van der Waals surface area contributed by atoms with Crippen LogP contribution < -0.4 is 10.1 Å². The first-order valence-corrected chi connectivity index (χ1v) is 13.0. The van der Waals surface area contributed by atoms with E-state index in [4.69, 9.17) is 4.74 Å². The van der Waals surface area contributed by atoms with Gasteiger partial charge in [0.25, 0.3) is 0 Å². The Morgan fingerprint density at radius 1 is 1.03 bits per heavy atom. The molecular weight excluding hydrogens is 424 g/mol. The van der Waals surface area contributed by atoms with Crippen LogP contribution in [0.1, 0.15) is 36.8 Å². The molecule has 0 bridgehead atoms. The Hall–Kier alpha value is -2.38. The van der Waals surface area contributed by atoms with Crippen LogP contribution in [0.25, 0.3) is 0 Å². The molecular formula is C25H34N2O4S. The largest absolute Gasteiger partial charge is 0.497 e. The van der Waals surface area contributed by atoms with E-state index in [0.29, 0.717) is 19.5 Å². The van der Waals surface area contributed by atoms with Crippen LogP contribution in [0.15, 0.2) is 54.6 Å². The molecule has 0 aliphatic carbocycles. The summed E-state index contributed by atoms with van der Waals surface area (Å²) in [5.74, 6) is 0.648. The van der Waals surface area contributed by atoms with Gasteiger partial charge in [0.05, 0.1) is 18.8 Å². The zero-order valence-electron chi connectivity index (χ0n) is 18.8. The number of aryl methyl sites for hydroxylation is 2. The van der Waals surface area contributed by atoms with Crippen molar-refractivity contribution in [1.29, 1.82) is 0 Å². The lowest BCUT2D eigenvalue weighted by molar-refractivity contribution is -0.126. The molecule has 1 atom stereocenters. The highest BCUT2D eigenvalue weighted by Crippen LogP contribution is 2.20. The first-order valence-electron chi connectivity index (χ1n) is 11.4. The number of carbonyl (C=O) groups is 1. The number of rotatable bonds is 11. The van der Waals surface area contributed by atoms with Gasteiger partial charge in [-0.3, -0.25) is 4.79 Å². The van der Waals surface area contributed by atoms with E-state index in [1.807, 2.05) is 54.6 Å². The highest BCUT2D eigenvalue weighted by Gasteiger charge is 2.31. The van der Waals surface area contributed by atoms with Gasteiger partial charge in [-0.1, -0.05) is 42.5 Å². The Balaban J connectivity index is 1.40. The van der Waals surface area contributed by atoms with E-state index in [2.05, 4.69) is 5.32 Å². The summed E-state index contributed by atoms with van der Waals surface area (Å²) in [6, 6.07) is 17.9. The second-order valence-corrected chi connectivity index (χ2v) is 10.4. The third-order valence-corrected chi connectivity index (χ3v) is 7.88. The Bertz CT molecular complexity index is 946. The third kappa shape index (κ3) is 7.35. The normalized spacial score (nSPS) is 17.1. The van der Waals surface area contributed by atoms with E-state index in [9.17, 15) is 13.2 Å². The monoisotopic (exact) mass is 458 g/mol. The number of benzene rings is 2. The number of nitrogens with one attached hydrogen (secondary N) is 1. The van der Waals surface area contributed by atoms with Crippen molar-refractivity contribution in [2.75, 3.05) is 32.5 Å². The van der Waals surface area contributed by atoms with Crippen LogP contribution in [0.3, 0.4) is 0 Å². The van der Waals surface area contributed by atoms with Crippen molar-refractivity contribution in [3.63, 3.8) is 0 Å². The number of piperidine rings is 1. The van der Waals surface area contributed by atoms with Crippen molar-refractivity contribution >= 4 is 15.9 Å². The fourth-order valence-corrected chi connectivity index (χ4v) is 5.66. The summed E-state index contributed by atoms with van der Waals surface area (Å²) in [6.45, 7) is 1.39. The predicted molar refractivity (Wildman–Crippen MR) is 127 cm³/mol. The van der Waals surface area contributed by atoms with Crippen LogP contribution in [-0.2, 0) is 27.7 Å². The van der Waals surface area contributed by atoms with Gasteiger partial charge in [-0.05, 0) is 61.8 Å². The summed E-state index contributed by atoms with van der Waals surface area (Å²) in [5, 5.41) is 3.00. The molecule has 32 heavy (non-hydrogen) atoms. The summed E-state index contributed by atoms with van der Waals surface area (Å²) in [7, 11) is -1.70. The summed E-state index contributed by atoms with van der Waals surface area (Å²) in [6.07, 6.45) is 4.50. The fourth-order valence-electron chi connectivity index (χ4n) is 4.08. The van der Waals surface area contributed by atoms with E-state index >= 15 is 0 Å². The number of amides is 1. The smallest absolute Gasteiger partial charge is 0.224 e. The van der Waals surface area contributed by atoms with Crippen molar-refractivity contribution in [3.8, 4) is 5.75 Å². The summed E-state index contributed by atoms with van der Waals surface area (Å²) in [5.41, 5.74) is 2.35. The topological polar surface area (TPSA) is 75.7 Å². The molecule has 1 N–H and O–H groups in total. The Kier molecular flexibility index (Phi) is 9.11. The minimum atomic E-state index is -3.34. The Labute approximate surface area is 192 Å². The van der Waals surface area contributed by atoms with E-state index in [1.165, 1.54) is 9.87 Å². The van der Waals surface area contributed by atoms with E-state index in [0.717, 1.165) is 43.4 Å². The lowest BCUT2D eigenvalue weighted by atomic mass is 9.99. The molecule has 2 aromatic rings. The van der Waals surface area contributed by atoms with Crippen LogP contribution in [0.2, 0.25) is 0 Å². The maximum absolute atomic E-state index is 12.8. The lowest BCUT2D eigenvalue weighted by Gasteiger charge is -2.31. The molecule has 0 saturated carbocycles. The summed E-state index contributed by atoms with van der Waals surface area (Å²) in [4.78, 5) is 12.6. The van der Waals surface area contributed by atoms with Crippen LogP contribution in [0.4, 0.5) is 0 Å². The van der Waals surface area contributed by atoms with Gasteiger partial charge in [0, 0.05) is 19.6 Å². The van der Waals surface area contributed by atoms with E-state index in [1.54, 1.807) is 7.11 Å². The molecule has 1 aliphatic rings.